The summed E-state index contributed by atoms with van der Waals surface area (Å²) in [5, 5.41) is 14.4. The van der Waals surface area contributed by atoms with Gasteiger partial charge in [-0.3, -0.25) is 29.0 Å². The lowest BCUT2D eigenvalue weighted by atomic mass is 10.1. The van der Waals surface area contributed by atoms with Gasteiger partial charge >= 0.3 is 0 Å². The number of nitrogens with two attached hydrogens (primary N) is 2. The van der Waals surface area contributed by atoms with Gasteiger partial charge in [-0.2, -0.15) is 0 Å². The maximum atomic E-state index is 14.9. The molecule has 11 aromatic rings. The molecule has 0 aromatic heterocycles. The van der Waals surface area contributed by atoms with E-state index in [1.165, 1.54) is 40.1 Å². The van der Waals surface area contributed by atoms with Gasteiger partial charge in [-0.15, -0.1) is 0 Å². The Labute approximate surface area is 660 Å². The molecule has 4 amide bonds. The van der Waals surface area contributed by atoms with Crippen molar-refractivity contribution in [2.75, 3.05) is 61.0 Å². The fourth-order valence-electron chi connectivity index (χ4n) is 11.3. The minimum atomic E-state index is -0.793. The van der Waals surface area contributed by atoms with E-state index >= 15 is 0 Å². The summed E-state index contributed by atoms with van der Waals surface area (Å²) in [4.78, 5) is 51.1. The fourth-order valence-corrected chi connectivity index (χ4v) is 11.5. The number of nitrogens with zero attached hydrogens (tertiary/aromatic N) is 2. The normalized spacial score (nSPS) is 11.5. The standard InChI is InChI=1S/C31H27FN2O4.C24H26F2N2O2.C21H20FNO2.C11H10BrNO2.C2H6O.CH4/c1-21-12-14-28(29(18-21)37-20-22-8-3-2-4-9-22)38-27-15-13-23(19-26(27)32)33-16-7-17-34-30(35)24-10-5-6-11-25(24)31(34)36;1-2-17-9-10-22(23(13-17)29-16-18-7-4-3-5-8-18)30-24-20(25)14-19(15-21(24)26)28-12-6-11-27;1-2-15-8-10-20(25-19-11-9-17(23)13-18(19)22)21(12-15)24-14-16-6-4-3-5-7-16;12-6-3-7-13-10(14)8-4-1-2-5-9(8)11(13)15;1-2-3;/h2-6,8-15,18-19,33H,7,16-17,20H2,1H3;3-5,7-10,13-15,28H,2,6,11-12,16,27H2,1H3;3-13H,2,14,23H2,1H3;1-2,4-5H,3,6-7H2;3H,2H2,1H3;1H4. The molecule has 0 spiro atoms. The van der Waals surface area contributed by atoms with E-state index in [2.05, 4.69) is 33.5 Å². The molecule has 0 radical (unpaired) electrons. The van der Waals surface area contributed by atoms with Gasteiger partial charge in [-0.05, 0) is 171 Å². The first kappa shape index (κ1) is 85.6. The molecule has 7 N–H and O–H groups in total. The fraction of sp³-hybridized carbons (Fsp3) is 0.222. The van der Waals surface area contributed by atoms with Crippen molar-refractivity contribution >= 4 is 56.6 Å². The largest absolute Gasteiger partial charge is 0.485 e. The molecule has 13 rings (SSSR count). The molecular weight excluding hydrogens is 1500 g/mol. The first-order chi connectivity index (χ1) is 53.9. The second-order valence-electron chi connectivity index (χ2n) is 25.3. The predicted octanol–water partition coefficient (Wildman–Crippen LogP) is 20.3. The third-order valence-electron chi connectivity index (χ3n) is 17.1. The summed E-state index contributed by atoms with van der Waals surface area (Å²) < 4.78 is 93.1. The molecule has 2 aliphatic rings. The van der Waals surface area contributed by atoms with Crippen molar-refractivity contribution in [3.63, 3.8) is 0 Å². The molecule has 112 heavy (non-hydrogen) atoms. The molecule has 0 fully saturated rings. The number of anilines is 3. The Balaban J connectivity index is 0.000000192. The van der Waals surface area contributed by atoms with Crippen LogP contribution in [0.5, 0.6) is 51.7 Å². The average molecular weight is 1590 g/mol. The van der Waals surface area contributed by atoms with Gasteiger partial charge in [0, 0.05) is 79.4 Å². The van der Waals surface area contributed by atoms with E-state index in [1.807, 2.05) is 141 Å². The van der Waals surface area contributed by atoms with E-state index < -0.39 is 29.0 Å². The van der Waals surface area contributed by atoms with Crippen LogP contribution in [0.4, 0.5) is 34.6 Å². The number of amides is 4. The highest BCUT2D eigenvalue weighted by atomic mass is 79.9. The summed E-state index contributed by atoms with van der Waals surface area (Å²) in [5.41, 5.74) is 20.4. The van der Waals surface area contributed by atoms with Crippen LogP contribution < -0.4 is 50.5 Å². The Hall–Kier alpha value is -12.0. The number of carbonyl (C=O) groups is 4. The summed E-state index contributed by atoms with van der Waals surface area (Å²) in [6, 6.07) is 71.0. The van der Waals surface area contributed by atoms with Crippen LogP contribution in [-0.2, 0) is 32.7 Å². The van der Waals surface area contributed by atoms with Crippen LogP contribution in [0.15, 0.2) is 243 Å². The first-order valence-corrected chi connectivity index (χ1v) is 37.5. The maximum Gasteiger partial charge on any atom is 0.261 e. The van der Waals surface area contributed by atoms with E-state index in [9.17, 15) is 36.7 Å². The summed E-state index contributed by atoms with van der Waals surface area (Å²) in [5.74, 6) is -1.09. The number of ether oxygens (including phenoxy) is 6. The Morgan fingerprint density at radius 3 is 1.19 bits per heavy atom. The molecule has 2 aliphatic heterocycles. The molecule has 17 nitrogen and oxygen atoms in total. The van der Waals surface area contributed by atoms with Crippen LogP contribution in [0.3, 0.4) is 0 Å². The Bertz CT molecular complexity index is 4800. The maximum absolute atomic E-state index is 14.9. The number of hydrogen-bond acceptors (Lipinski definition) is 15. The Morgan fingerprint density at radius 2 is 0.768 bits per heavy atom. The van der Waals surface area contributed by atoms with Crippen molar-refractivity contribution in [1.82, 2.24) is 9.80 Å². The van der Waals surface area contributed by atoms with Gasteiger partial charge in [0.1, 0.15) is 19.8 Å². The number of halogens is 5. The van der Waals surface area contributed by atoms with Crippen molar-refractivity contribution in [3.8, 4) is 51.7 Å². The van der Waals surface area contributed by atoms with Crippen LogP contribution in [0.1, 0.15) is 122 Å². The predicted molar refractivity (Wildman–Crippen MR) is 436 cm³/mol. The molecule has 0 saturated heterocycles. The highest BCUT2D eigenvalue weighted by Gasteiger charge is 2.36. The number of aryl methyl sites for hydroxylation is 3. The van der Waals surface area contributed by atoms with Gasteiger partial charge in [-0.25, -0.2) is 17.6 Å². The number of benzene rings is 11. The number of alkyl halides is 1. The number of imide groups is 2. The number of aliphatic hydroxyl groups is 1. The van der Waals surface area contributed by atoms with E-state index in [1.54, 1.807) is 91.9 Å². The van der Waals surface area contributed by atoms with Crippen LogP contribution >= 0.6 is 15.9 Å². The second-order valence-corrected chi connectivity index (χ2v) is 26.1. The molecule has 2 heterocycles. The van der Waals surface area contributed by atoms with Gasteiger partial charge in [0.2, 0.25) is 0 Å². The zero-order chi connectivity index (χ0) is 79.0. The quantitative estimate of drug-likeness (QED) is 0.00966. The Morgan fingerprint density at radius 1 is 0.402 bits per heavy atom. The lowest BCUT2D eigenvalue weighted by Crippen LogP contribution is -2.31. The van der Waals surface area contributed by atoms with Crippen LogP contribution in [0.2, 0.25) is 0 Å². The lowest BCUT2D eigenvalue weighted by molar-refractivity contribution is 0.0639. The highest BCUT2D eigenvalue weighted by molar-refractivity contribution is 9.09. The smallest absolute Gasteiger partial charge is 0.261 e. The van der Waals surface area contributed by atoms with E-state index in [0.717, 1.165) is 58.0 Å². The zero-order valence-corrected chi connectivity index (χ0v) is 63.8. The first-order valence-electron chi connectivity index (χ1n) is 36.4. The summed E-state index contributed by atoms with van der Waals surface area (Å²) in [7, 11) is 0. The van der Waals surface area contributed by atoms with E-state index in [0.29, 0.717) is 127 Å². The third-order valence-corrected chi connectivity index (χ3v) is 17.6. The lowest BCUT2D eigenvalue weighted by Gasteiger charge is -2.15. The minimum absolute atomic E-state index is 0. The molecule has 0 unspecified atom stereocenters. The average Bonchev–Trinajstić information content (AvgIpc) is 1.65. The number of rotatable bonds is 29. The molecule has 22 heteroatoms. The van der Waals surface area contributed by atoms with Crippen molar-refractivity contribution in [2.45, 2.75) is 87.0 Å². The van der Waals surface area contributed by atoms with Gasteiger partial charge in [0.25, 0.3) is 23.6 Å². The molecule has 0 saturated carbocycles. The zero-order valence-electron chi connectivity index (χ0n) is 62.2. The second kappa shape index (κ2) is 44.0. The van der Waals surface area contributed by atoms with Crippen LogP contribution in [-0.4, -0.2) is 83.2 Å². The molecular formula is C90H93BrF4N6O11. The van der Waals surface area contributed by atoms with Crippen molar-refractivity contribution in [2.24, 2.45) is 5.73 Å². The minimum Gasteiger partial charge on any atom is -0.485 e. The SMILES string of the molecule is C.CCO.CCc1ccc(Oc2c(F)cc(NCCCN)cc2F)c(OCc2ccccc2)c1.CCc1ccc(Oc2ccc(N)cc2F)c(OCc2ccccc2)c1.Cc1ccc(Oc2ccc(NCCCN3C(=O)c4ccccc4C3=O)cc2F)c(OCc2ccccc2)c1.O=C1c2ccccc2C(=O)N1CCCBr. The molecule has 0 bridgehead atoms. The van der Waals surface area contributed by atoms with Gasteiger partial charge in [0.05, 0.1) is 22.3 Å². The number of hydrogen-bond donors (Lipinski definition) is 5. The Kier molecular flexibility index (Phi) is 33.6. The van der Waals surface area contributed by atoms with E-state index in [-0.39, 0.29) is 61.5 Å². The van der Waals surface area contributed by atoms with Gasteiger partial charge < -0.3 is 55.6 Å². The third kappa shape index (κ3) is 24.5. The number of nitrogens with one attached hydrogen (secondary N) is 2. The highest BCUT2D eigenvalue weighted by Crippen LogP contribution is 2.40. The van der Waals surface area contributed by atoms with Gasteiger partial charge in [-0.1, -0.05) is 171 Å². The topological polar surface area (TPSA) is 226 Å². The number of fused-ring (bicyclic) bond motifs is 2. The van der Waals surface area contributed by atoms with Crippen molar-refractivity contribution in [1.29, 1.82) is 0 Å². The summed E-state index contributed by atoms with van der Waals surface area (Å²) >= 11 is 3.28. The van der Waals surface area contributed by atoms with Gasteiger partial charge in [0.15, 0.2) is 75.0 Å². The number of nitrogen functional groups attached to an aromatic ring is 1. The van der Waals surface area contributed by atoms with Crippen molar-refractivity contribution in [3.05, 3.63) is 322 Å². The molecule has 0 atom stereocenters. The number of aliphatic hydroxyl groups excluding tert-OH is 1. The van der Waals surface area contributed by atoms with Crippen LogP contribution in [0, 0.1) is 30.2 Å². The molecule has 0 aliphatic carbocycles. The van der Waals surface area contributed by atoms with Crippen LogP contribution in [0.25, 0.3) is 0 Å². The number of carbonyl (C=O) groups excluding carboxylic acids is 4. The summed E-state index contributed by atoms with van der Waals surface area (Å²) in [6.45, 7) is 11.3. The van der Waals surface area contributed by atoms with Crippen molar-refractivity contribution < 1.29 is 70.3 Å². The monoisotopic (exact) mass is 1590 g/mol. The van der Waals surface area contributed by atoms with E-state index in [4.69, 9.17) is 45.0 Å². The molecule has 584 valence electrons. The molecule has 11 aromatic carbocycles. The summed E-state index contributed by atoms with van der Waals surface area (Å²) in [6.07, 6.45) is 3.68.